The van der Waals surface area contributed by atoms with E-state index in [1.54, 1.807) is 18.4 Å². The Morgan fingerprint density at radius 2 is 2.08 bits per heavy atom. The van der Waals surface area contributed by atoms with Crippen molar-refractivity contribution in [3.8, 4) is 6.26 Å². The van der Waals surface area contributed by atoms with Crippen LogP contribution in [0.25, 0.3) is 0 Å². The number of nitrogens with zero attached hydrogens (tertiary/aromatic N) is 1. The Morgan fingerprint density at radius 3 is 2.54 bits per heavy atom. The molecule has 2 nitrogen and oxygen atoms in total. The van der Waals surface area contributed by atoms with Crippen molar-refractivity contribution >= 4 is 0 Å². The van der Waals surface area contributed by atoms with Gasteiger partial charge in [-0.3, -0.25) is 0 Å². The van der Waals surface area contributed by atoms with Gasteiger partial charge in [0.15, 0.2) is 0 Å². The summed E-state index contributed by atoms with van der Waals surface area (Å²) in [6.07, 6.45) is 2.07. The van der Waals surface area contributed by atoms with Gasteiger partial charge in [0.2, 0.25) is 0 Å². The fourth-order valence-electron chi connectivity index (χ4n) is 1.13. The van der Waals surface area contributed by atoms with Gasteiger partial charge in [-0.05, 0) is 24.1 Å². The second kappa shape index (κ2) is 4.46. The fourth-order valence-corrected chi connectivity index (χ4v) is 1.13. The average molecular weight is 179 g/mol. The van der Waals surface area contributed by atoms with Gasteiger partial charge >= 0.3 is 0 Å². The molecule has 0 radical (unpaired) electrons. The van der Waals surface area contributed by atoms with E-state index < -0.39 is 0 Å². The highest BCUT2D eigenvalue weighted by Gasteiger charge is 2.09. The summed E-state index contributed by atoms with van der Waals surface area (Å²) >= 11 is 0. The first kappa shape index (κ1) is 9.53. The van der Waals surface area contributed by atoms with E-state index in [-0.39, 0.29) is 11.9 Å². The van der Waals surface area contributed by atoms with Crippen LogP contribution in [0.1, 0.15) is 25.0 Å². The van der Waals surface area contributed by atoms with E-state index in [0.717, 1.165) is 5.56 Å². The van der Waals surface area contributed by atoms with Gasteiger partial charge in [-0.25, -0.2) is 4.39 Å². The maximum absolute atomic E-state index is 12.5. The first-order valence-electron chi connectivity index (χ1n) is 4.08. The molecule has 0 saturated heterocycles. The zero-order chi connectivity index (χ0) is 9.68. The lowest BCUT2D eigenvalue weighted by atomic mass is 10.1. The van der Waals surface area contributed by atoms with Gasteiger partial charge in [0, 0.05) is 0 Å². The molecule has 0 unspecified atom stereocenters. The molecule has 0 amide bonds. The Kier molecular flexibility index (Phi) is 3.27. The summed E-state index contributed by atoms with van der Waals surface area (Å²) in [5.41, 5.74) is 0.824. The van der Waals surface area contributed by atoms with Crippen molar-refractivity contribution in [1.82, 2.24) is 0 Å². The van der Waals surface area contributed by atoms with Gasteiger partial charge in [0.1, 0.15) is 11.9 Å². The molecule has 68 valence electrons. The molecule has 13 heavy (non-hydrogen) atoms. The lowest BCUT2D eigenvalue weighted by Gasteiger charge is -2.10. The van der Waals surface area contributed by atoms with E-state index in [1.807, 2.05) is 6.92 Å². The first-order valence-corrected chi connectivity index (χ1v) is 4.08. The van der Waals surface area contributed by atoms with Crippen molar-refractivity contribution in [1.29, 1.82) is 5.26 Å². The number of benzene rings is 1. The highest BCUT2D eigenvalue weighted by molar-refractivity contribution is 5.18. The van der Waals surface area contributed by atoms with Gasteiger partial charge < -0.3 is 4.74 Å². The minimum absolute atomic E-state index is 0.259. The number of hydrogen-bond acceptors (Lipinski definition) is 2. The van der Waals surface area contributed by atoms with Crippen LogP contribution in [0.3, 0.4) is 0 Å². The molecule has 0 saturated carbocycles. The topological polar surface area (TPSA) is 33.0 Å². The SMILES string of the molecule is CC[C@@H](OC#N)c1ccc(F)cc1. The van der Waals surface area contributed by atoms with E-state index in [4.69, 9.17) is 10.00 Å². The van der Waals surface area contributed by atoms with Crippen LogP contribution < -0.4 is 0 Å². The van der Waals surface area contributed by atoms with Crippen LogP contribution >= 0.6 is 0 Å². The molecule has 1 aromatic rings. The third kappa shape index (κ3) is 2.45. The molecule has 1 atom stereocenters. The van der Waals surface area contributed by atoms with E-state index >= 15 is 0 Å². The molecule has 0 aliphatic rings. The normalized spacial score (nSPS) is 11.8. The van der Waals surface area contributed by atoms with Crippen LogP contribution in [-0.2, 0) is 4.74 Å². The summed E-state index contributed by atoms with van der Waals surface area (Å²) in [5, 5.41) is 8.34. The van der Waals surface area contributed by atoms with Crippen LogP contribution in [0.4, 0.5) is 4.39 Å². The standard InChI is InChI=1S/C10H10FNO/c1-2-10(13-7-12)8-3-5-9(11)6-4-8/h3-6,10H,2H2,1H3/t10-/m1/s1. The van der Waals surface area contributed by atoms with E-state index in [1.165, 1.54) is 12.1 Å². The molecule has 0 aliphatic heterocycles. The number of hydrogen-bond donors (Lipinski definition) is 0. The van der Waals surface area contributed by atoms with Crippen molar-refractivity contribution in [3.63, 3.8) is 0 Å². The van der Waals surface area contributed by atoms with E-state index in [0.29, 0.717) is 6.42 Å². The summed E-state index contributed by atoms with van der Waals surface area (Å²) in [4.78, 5) is 0. The summed E-state index contributed by atoms with van der Waals surface area (Å²) in [7, 11) is 0. The van der Waals surface area contributed by atoms with Gasteiger partial charge in [0.25, 0.3) is 6.26 Å². The van der Waals surface area contributed by atoms with Crippen LogP contribution in [-0.4, -0.2) is 0 Å². The van der Waals surface area contributed by atoms with E-state index in [2.05, 4.69) is 0 Å². The molecule has 0 spiro atoms. The Hall–Kier alpha value is -1.56. The smallest absolute Gasteiger partial charge is 0.286 e. The Labute approximate surface area is 76.6 Å². The average Bonchev–Trinajstić information content (AvgIpc) is 2.16. The monoisotopic (exact) mass is 179 g/mol. The molecule has 0 N–H and O–H groups in total. The van der Waals surface area contributed by atoms with Crippen molar-refractivity contribution in [2.24, 2.45) is 0 Å². The summed E-state index contributed by atoms with van der Waals surface area (Å²) in [6, 6.07) is 5.97. The van der Waals surface area contributed by atoms with Gasteiger partial charge in [-0.2, -0.15) is 5.26 Å². The molecule has 0 heterocycles. The predicted molar refractivity (Wildman–Crippen MR) is 46.1 cm³/mol. The molecule has 0 fully saturated rings. The zero-order valence-corrected chi connectivity index (χ0v) is 7.33. The Morgan fingerprint density at radius 1 is 1.46 bits per heavy atom. The zero-order valence-electron chi connectivity index (χ0n) is 7.33. The number of ether oxygens (including phenoxy) is 1. The molecule has 3 heteroatoms. The highest BCUT2D eigenvalue weighted by Crippen LogP contribution is 2.20. The molecule has 1 rings (SSSR count). The second-order valence-electron chi connectivity index (χ2n) is 2.66. The number of nitriles is 1. The summed E-state index contributed by atoms with van der Waals surface area (Å²) in [5.74, 6) is -0.282. The number of rotatable bonds is 3. The van der Waals surface area contributed by atoms with Crippen molar-refractivity contribution in [3.05, 3.63) is 35.6 Å². The van der Waals surface area contributed by atoms with Crippen LogP contribution in [0.15, 0.2) is 24.3 Å². The van der Waals surface area contributed by atoms with E-state index in [9.17, 15) is 4.39 Å². The summed E-state index contributed by atoms with van der Waals surface area (Å²) in [6.45, 7) is 1.91. The highest BCUT2D eigenvalue weighted by atomic mass is 19.1. The quantitative estimate of drug-likeness (QED) is 0.668. The predicted octanol–water partition coefficient (Wildman–Crippen LogP) is 2.77. The fraction of sp³-hybridized carbons (Fsp3) is 0.300. The Balaban J connectivity index is 2.80. The molecular formula is C10H10FNO. The first-order chi connectivity index (χ1) is 6.27. The van der Waals surface area contributed by atoms with Crippen molar-refractivity contribution < 1.29 is 9.13 Å². The minimum atomic E-state index is -0.282. The maximum Gasteiger partial charge on any atom is 0.286 e. The van der Waals surface area contributed by atoms with Gasteiger partial charge in [0.05, 0.1) is 0 Å². The molecular weight excluding hydrogens is 169 g/mol. The van der Waals surface area contributed by atoms with Crippen LogP contribution in [0.2, 0.25) is 0 Å². The third-order valence-corrected chi connectivity index (χ3v) is 1.81. The molecule has 0 bridgehead atoms. The van der Waals surface area contributed by atoms with Gasteiger partial charge in [-0.15, -0.1) is 0 Å². The summed E-state index contributed by atoms with van der Waals surface area (Å²) < 4.78 is 17.3. The lowest BCUT2D eigenvalue weighted by molar-refractivity contribution is 0.159. The van der Waals surface area contributed by atoms with Crippen molar-refractivity contribution in [2.45, 2.75) is 19.4 Å². The number of halogens is 1. The minimum Gasteiger partial charge on any atom is -0.419 e. The second-order valence-corrected chi connectivity index (χ2v) is 2.66. The van der Waals surface area contributed by atoms with Crippen LogP contribution in [0, 0.1) is 17.3 Å². The van der Waals surface area contributed by atoms with Crippen molar-refractivity contribution in [2.75, 3.05) is 0 Å². The third-order valence-electron chi connectivity index (χ3n) is 1.81. The molecule has 0 aromatic heterocycles. The maximum atomic E-state index is 12.5. The Bertz CT molecular complexity index is 302. The van der Waals surface area contributed by atoms with Crippen LogP contribution in [0.5, 0.6) is 0 Å². The van der Waals surface area contributed by atoms with Gasteiger partial charge in [-0.1, -0.05) is 19.1 Å². The molecule has 0 aliphatic carbocycles. The lowest BCUT2D eigenvalue weighted by Crippen LogP contribution is -1.98. The largest absolute Gasteiger partial charge is 0.419 e. The molecule has 1 aromatic carbocycles.